The minimum absolute atomic E-state index is 0.125. The number of carbonyl (C=O) groups is 1. The van der Waals surface area contributed by atoms with E-state index < -0.39 is 6.04 Å². The van der Waals surface area contributed by atoms with Crippen LogP contribution in [0.1, 0.15) is 68.9 Å². The quantitative estimate of drug-likeness (QED) is 0.513. The number of aromatic nitrogens is 5. The molecule has 0 bridgehead atoms. The van der Waals surface area contributed by atoms with E-state index in [9.17, 15) is 9.59 Å². The number of benzene rings is 1. The summed E-state index contributed by atoms with van der Waals surface area (Å²) in [4.78, 5) is 31.0. The number of likely N-dealkylation sites (tertiary alicyclic amines) is 1. The van der Waals surface area contributed by atoms with Gasteiger partial charge in [-0.1, -0.05) is 12.8 Å². The molecule has 1 saturated carbocycles. The van der Waals surface area contributed by atoms with Crippen molar-refractivity contribution in [3.63, 3.8) is 0 Å². The molecule has 1 aliphatic carbocycles. The van der Waals surface area contributed by atoms with Crippen molar-refractivity contribution in [3.8, 4) is 5.75 Å². The molecule has 2 fully saturated rings. The zero-order valence-electron chi connectivity index (χ0n) is 20.3. The van der Waals surface area contributed by atoms with Gasteiger partial charge in [0.15, 0.2) is 5.82 Å². The molecule has 3 aromatic rings. The molecule has 3 heterocycles. The van der Waals surface area contributed by atoms with Crippen LogP contribution < -0.4 is 10.3 Å². The third kappa shape index (κ3) is 4.67. The average Bonchev–Trinajstić information content (AvgIpc) is 3.57. The molecule has 10 heteroatoms. The summed E-state index contributed by atoms with van der Waals surface area (Å²) in [6.07, 6.45) is 5.70. The average molecular weight is 481 g/mol. The first-order valence-electron chi connectivity index (χ1n) is 12.5. The monoisotopic (exact) mass is 480 g/mol. The molecule has 5 rings (SSSR count). The standard InChI is InChI=1S/C25H32N6O4/c1-3-35-25(33)16-10-12-30(13-11-16)22(23-27-28-29-31(23)18-6-4-5-7-18)20-14-17-8-9-19(34-2)15-21(17)26-24(20)32/h8-9,14-16,18,22H,3-7,10-13H2,1-2H3,(H,26,32). The van der Waals surface area contributed by atoms with Gasteiger partial charge in [-0.25, -0.2) is 4.68 Å². The predicted octanol–water partition coefficient (Wildman–Crippen LogP) is 3.00. The van der Waals surface area contributed by atoms with Crippen molar-refractivity contribution in [2.45, 2.75) is 57.5 Å². The summed E-state index contributed by atoms with van der Waals surface area (Å²) in [5, 5.41) is 13.7. The highest BCUT2D eigenvalue weighted by Gasteiger charge is 2.36. The number of esters is 1. The SMILES string of the molecule is CCOC(=O)C1CCN(C(c2cc3ccc(OC)cc3[nH]c2=O)c2nnnn2C2CCCC2)CC1. The van der Waals surface area contributed by atoms with Gasteiger partial charge >= 0.3 is 5.97 Å². The van der Waals surface area contributed by atoms with Crippen molar-refractivity contribution in [1.29, 1.82) is 0 Å². The van der Waals surface area contributed by atoms with Crippen LogP contribution in [0, 0.1) is 5.92 Å². The van der Waals surface area contributed by atoms with Crippen LogP contribution in [0.3, 0.4) is 0 Å². The van der Waals surface area contributed by atoms with Crippen LogP contribution in [0.2, 0.25) is 0 Å². The molecule has 2 aliphatic rings. The van der Waals surface area contributed by atoms with Crippen molar-refractivity contribution in [2.24, 2.45) is 5.92 Å². The van der Waals surface area contributed by atoms with E-state index in [1.54, 1.807) is 7.11 Å². The lowest BCUT2D eigenvalue weighted by Gasteiger charge is -2.36. The van der Waals surface area contributed by atoms with Crippen molar-refractivity contribution in [3.05, 3.63) is 46.0 Å². The Labute approximate surface area is 203 Å². The van der Waals surface area contributed by atoms with E-state index in [2.05, 4.69) is 25.4 Å². The Morgan fingerprint density at radius 2 is 1.94 bits per heavy atom. The molecule has 0 radical (unpaired) electrons. The maximum absolute atomic E-state index is 13.4. The number of hydrogen-bond donors (Lipinski definition) is 1. The summed E-state index contributed by atoms with van der Waals surface area (Å²) in [5.74, 6) is 1.10. The Hall–Kier alpha value is -3.27. The third-order valence-electron chi connectivity index (χ3n) is 7.32. The topological polar surface area (TPSA) is 115 Å². The zero-order chi connectivity index (χ0) is 24.4. The van der Waals surface area contributed by atoms with E-state index in [-0.39, 0.29) is 23.5 Å². The number of tetrazole rings is 1. The highest BCUT2D eigenvalue weighted by molar-refractivity contribution is 5.80. The van der Waals surface area contributed by atoms with E-state index in [0.29, 0.717) is 55.2 Å². The molecule has 1 aromatic carbocycles. The number of ether oxygens (including phenoxy) is 2. The van der Waals surface area contributed by atoms with Gasteiger partial charge in [0.25, 0.3) is 5.56 Å². The highest BCUT2D eigenvalue weighted by atomic mass is 16.5. The lowest BCUT2D eigenvalue weighted by molar-refractivity contribution is -0.149. The number of nitrogens with zero attached hydrogens (tertiary/aromatic N) is 5. The van der Waals surface area contributed by atoms with Crippen molar-refractivity contribution < 1.29 is 14.3 Å². The minimum atomic E-state index is -0.413. The summed E-state index contributed by atoms with van der Waals surface area (Å²) >= 11 is 0. The van der Waals surface area contributed by atoms with Crippen LogP contribution in [0.5, 0.6) is 5.75 Å². The lowest BCUT2D eigenvalue weighted by atomic mass is 9.93. The number of aromatic amines is 1. The third-order valence-corrected chi connectivity index (χ3v) is 7.32. The van der Waals surface area contributed by atoms with Crippen LogP contribution >= 0.6 is 0 Å². The van der Waals surface area contributed by atoms with Gasteiger partial charge in [-0.3, -0.25) is 14.5 Å². The van der Waals surface area contributed by atoms with Gasteiger partial charge in [-0.05, 0) is 66.6 Å². The second-order valence-electron chi connectivity index (χ2n) is 9.39. The number of piperidine rings is 1. The normalized spacial score (nSPS) is 18.7. The second-order valence-corrected chi connectivity index (χ2v) is 9.39. The van der Waals surface area contributed by atoms with E-state index in [0.717, 1.165) is 31.1 Å². The van der Waals surface area contributed by atoms with Crippen molar-refractivity contribution in [1.82, 2.24) is 30.1 Å². The Morgan fingerprint density at radius 3 is 2.66 bits per heavy atom. The smallest absolute Gasteiger partial charge is 0.309 e. The first kappa shape index (κ1) is 23.5. The Bertz CT molecular complexity index is 1240. The fourth-order valence-electron chi connectivity index (χ4n) is 5.47. The minimum Gasteiger partial charge on any atom is -0.497 e. The number of carbonyl (C=O) groups excluding carboxylic acids is 1. The molecule has 2 aromatic heterocycles. The Balaban J connectivity index is 1.54. The van der Waals surface area contributed by atoms with E-state index in [1.165, 1.54) is 0 Å². The molecule has 35 heavy (non-hydrogen) atoms. The largest absolute Gasteiger partial charge is 0.497 e. The Kier molecular flexibility index (Phi) is 6.81. The van der Waals surface area contributed by atoms with Crippen LogP contribution in [-0.2, 0) is 9.53 Å². The van der Waals surface area contributed by atoms with Gasteiger partial charge in [-0.2, -0.15) is 0 Å². The fourth-order valence-corrected chi connectivity index (χ4v) is 5.47. The number of hydrogen-bond acceptors (Lipinski definition) is 8. The maximum atomic E-state index is 13.4. The highest BCUT2D eigenvalue weighted by Crippen LogP contribution is 2.35. The second kappa shape index (κ2) is 10.2. The molecule has 1 saturated heterocycles. The van der Waals surface area contributed by atoms with Crippen molar-refractivity contribution >= 4 is 16.9 Å². The van der Waals surface area contributed by atoms with Crippen LogP contribution in [0.4, 0.5) is 0 Å². The molecule has 1 unspecified atom stereocenters. The maximum Gasteiger partial charge on any atom is 0.309 e. The number of rotatable bonds is 7. The van der Waals surface area contributed by atoms with Gasteiger partial charge in [-0.15, -0.1) is 5.10 Å². The van der Waals surface area contributed by atoms with Gasteiger partial charge < -0.3 is 14.5 Å². The Morgan fingerprint density at radius 1 is 1.17 bits per heavy atom. The van der Waals surface area contributed by atoms with Crippen LogP contribution in [0.25, 0.3) is 10.9 Å². The van der Waals surface area contributed by atoms with Crippen molar-refractivity contribution in [2.75, 3.05) is 26.8 Å². The summed E-state index contributed by atoms with van der Waals surface area (Å²) in [7, 11) is 1.60. The molecule has 1 atom stereocenters. The number of H-pyrrole nitrogens is 1. The summed E-state index contributed by atoms with van der Waals surface area (Å²) < 4.78 is 12.5. The molecular formula is C25H32N6O4. The fraction of sp³-hybridized carbons (Fsp3) is 0.560. The number of pyridine rings is 1. The molecule has 186 valence electrons. The molecule has 10 nitrogen and oxygen atoms in total. The predicted molar refractivity (Wildman–Crippen MR) is 129 cm³/mol. The zero-order valence-corrected chi connectivity index (χ0v) is 20.3. The van der Waals surface area contributed by atoms with Gasteiger partial charge in [0.2, 0.25) is 0 Å². The summed E-state index contributed by atoms with van der Waals surface area (Å²) in [6, 6.07) is 7.41. The van der Waals surface area contributed by atoms with Gasteiger partial charge in [0.05, 0.1) is 31.2 Å². The van der Waals surface area contributed by atoms with Crippen LogP contribution in [-0.4, -0.2) is 62.9 Å². The number of methoxy groups -OCH3 is 1. The van der Waals surface area contributed by atoms with E-state index in [1.807, 2.05) is 35.9 Å². The summed E-state index contributed by atoms with van der Waals surface area (Å²) in [5.41, 5.74) is 1.14. The molecule has 1 aliphatic heterocycles. The van der Waals surface area contributed by atoms with Crippen LogP contribution in [0.15, 0.2) is 29.1 Å². The molecular weight excluding hydrogens is 448 g/mol. The summed E-state index contributed by atoms with van der Waals surface area (Å²) in [6.45, 7) is 3.50. The van der Waals surface area contributed by atoms with E-state index in [4.69, 9.17) is 9.47 Å². The first-order chi connectivity index (χ1) is 17.1. The number of nitrogens with one attached hydrogen (secondary N) is 1. The lowest BCUT2D eigenvalue weighted by Crippen LogP contribution is -2.42. The van der Waals surface area contributed by atoms with E-state index >= 15 is 0 Å². The molecule has 0 spiro atoms. The van der Waals surface area contributed by atoms with Gasteiger partial charge in [0.1, 0.15) is 11.8 Å². The molecule has 0 amide bonds. The van der Waals surface area contributed by atoms with Gasteiger partial charge in [0, 0.05) is 24.7 Å². The molecule has 1 N–H and O–H groups in total. The first-order valence-corrected chi connectivity index (χ1v) is 12.5. The number of fused-ring (bicyclic) bond motifs is 1.